The van der Waals surface area contributed by atoms with E-state index in [2.05, 4.69) is 5.32 Å². The maximum atomic E-state index is 13.4. The van der Waals surface area contributed by atoms with Crippen LogP contribution in [0.1, 0.15) is 51.0 Å². The summed E-state index contributed by atoms with van der Waals surface area (Å²) in [5.41, 5.74) is 0.748. The third-order valence-electron chi connectivity index (χ3n) is 6.03. The molecule has 2 amide bonds. The highest BCUT2D eigenvalue weighted by Gasteiger charge is 2.30. The Hall–Kier alpha value is -3.09. The number of amides is 2. The molecule has 1 aliphatic rings. The van der Waals surface area contributed by atoms with Crippen LogP contribution in [0.4, 0.5) is 4.39 Å². The molecule has 1 atom stereocenters. The minimum Gasteiger partial charge on any atom is -0.497 e. The van der Waals surface area contributed by atoms with Crippen LogP contribution in [0.3, 0.4) is 0 Å². The Morgan fingerprint density at radius 3 is 2.27 bits per heavy atom. The monoisotopic (exact) mass is 456 g/mol. The minimum absolute atomic E-state index is 0.149. The summed E-state index contributed by atoms with van der Waals surface area (Å²) in [6.07, 6.45) is 5.81. The molecule has 0 spiro atoms. The van der Waals surface area contributed by atoms with Crippen molar-refractivity contribution in [1.82, 2.24) is 10.2 Å². The summed E-state index contributed by atoms with van der Waals surface area (Å²) in [7, 11) is 1.58. The van der Waals surface area contributed by atoms with Crippen molar-refractivity contribution in [2.45, 2.75) is 64.1 Å². The van der Waals surface area contributed by atoms with Gasteiger partial charge in [0.25, 0.3) is 5.91 Å². The lowest BCUT2D eigenvalue weighted by atomic mass is 9.95. The number of rotatable bonds is 10. The fourth-order valence-corrected chi connectivity index (χ4v) is 4.15. The first-order valence-electron chi connectivity index (χ1n) is 11.6. The highest BCUT2D eigenvalue weighted by molar-refractivity contribution is 5.88. The number of ether oxygens (including phenoxy) is 2. The number of methoxy groups -OCH3 is 1. The van der Waals surface area contributed by atoms with Crippen molar-refractivity contribution < 1.29 is 23.5 Å². The van der Waals surface area contributed by atoms with E-state index in [1.807, 2.05) is 6.92 Å². The van der Waals surface area contributed by atoms with Crippen LogP contribution in [0.15, 0.2) is 48.5 Å². The molecule has 2 aromatic carbocycles. The van der Waals surface area contributed by atoms with E-state index < -0.39 is 6.04 Å². The van der Waals surface area contributed by atoms with Crippen LogP contribution >= 0.6 is 0 Å². The highest BCUT2D eigenvalue weighted by Crippen LogP contribution is 2.20. The Morgan fingerprint density at radius 2 is 1.67 bits per heavy atom. The van der Waals surface area contributed by atoms with E-state index in [0.29, 0.717) is 17.9 Å². The lowest BCUT2D eigenvalue weighted by Crippen LogP contribution is -2.52. The zero-order valence-corrected chi connectivity index (χ0v) is 19.4. The van der Waals surface area contributed by atoms with Crippen LogP contribution in [-0.4, -0.2) is 42.5 Å². The molecule has 7 heteroatoms. The average Bonchev–Trinajstić information content (AvgIpc) is 2.84. The van der Waals surface area contributed by atoms with Gasteiger partial charge in [-0.2, -0.15) is 0 Å². The molecular weight excluding hydrogens is 423 g/mol. The first-order chi connectivity index (χ1) is 16.0. The van der Waals surface area contributed by atoms with Crippen LogP contribution < -0.4 is 14.8 Å². The van der Waals surface area contributed by atoms with Gasteiger partial charge in [-0.3, -0.25) is 9.59 Å². The quantitative estimate of drug-likeness (QED) is 0.573. The zero-order valence-electron chi connectivity index (χ0n) is 19.4. The van der Waals surface area contributed by atoms with Crippen LogP contribution in [0.2, 0.25) is 0 Å². The van der Waals surface area contributed by atoms with E-state index in [-0.39, 0.29) is 36.8 Å². The predicted molar refractivity (Wildman–Crippen MR) is 125 cm³/mol. The third-order valence-corrected chi connectivity index (χ3v) is 6.03. The van der Waals surface area contributed by atoms with Crippen molar-refractivity contribution in [1.29, 1.82) is 0 Å². The second kappa shape index (κ2) is 12.2. The van der Waals surface area contributed by atoms with Gasteiger partial charge in [0.2, 0.25) is 5.91 Å². The van der Waals surface area contributed by atoms with Crippen molar-refractivity contribution in [3.8, 4) is 11.5 Å². The first kappa shape index (κ1) is 24.6. The summed E-state index contributed by atoms with van der Waals surface area (Å²) in [5.74, 6) is 0.425. The first-order valence-corrected chi connectivity index (χ1v) is 11.6. The molecule has 0 bridgehead atoms. The standard InChI is InChI=1S/C26H33FN2O4/c1-3-24(26(31)28-21-7-5-4-6-8-21)29(17-19-9-11-20(27)12-10-19)25(30)18-33-23-15-13-22(32-2)14-16-23/h9-16,21,24H,3-8,17-18H2,1-2H3,(H,28,31)/t24-/m0/s1. The molecule has 1 aliphatic carbocycles. The van der Waals surface area contributed by atoms with E-state index in [0.717, 1.165) is 31.2 Å². The molecule has 33 heavy (non-hydrogen) atoms. The molecule has 0 unspecified atom stereocenters. The van der Waals surface area contributed by atoms with Gasteiger partial charge in [-0.25, -0.2) is 4.39 Å². The van der Waals surface area contributed by atoms with Crippen LogP contribution in [0.25, 0.3) is 0 Å². The summed E-state index contributed by atoms with van der Waals surface area (Å²) in [6.45, 7) is 1.88. The van der Waals surface area contributed by atoms with E-state index >= 15 is 0 Å². The van der Waals surface area contributed by atoms with Crippen LogP contribution in [-0.2, 0) is 16.1 Å². The highest BCUT2D eigenvalue weighted by atomic mass is 19.1. The largest absolute Gasteiger partial charge is 0.497 e. The normalized spacial score (nSPS) is 14.9. The van der Waals surface area contributed by atoms with E-state index in [1.165, 1.54) is 23.5 Å². The Balaban J connectivity index is 1.73. The van der Waals surface area contributed by atoms with E-state index in [4.69, 9.17) is 9.47 Å². The van der Waals surface area contributed by atoms with Crippen molar-refractivity contribution in [2.24, 2.45) is 0 Å². The van der Waals surface area contributed by atoms with Gasteiger partial charge in [0.1, 0.15) is 23.4 Å². The summed E-state index contributed by atoms with van der Waals surface area (Å²) in [5, 5.41) is 3.14. The van der Waals surface area contributed by atoms with Gasteiger partial charge >= 0.3 is 0 Å². The number of hydrogen-bond donors (Lipinski definition) is 1. The summed E-state index contributed by atoms with van der Waals surface area (Å²) in [4.78, 5) is 27.9. The van der Waals surface area contributed by atoms with Gasteiger partial charge in [0.15, 0.2) is 6.61 Å². The molecule has 1 fully saturated rings. The van der Waals surface area contributed by atoms with Crippen molar-refractivity contribution in [3.63, 3.8) is 0 Å². The molecule has 1 saturated carbocycles. The SMILES string of the molecule is CC[C@@H](C(=O)NC1CCCCC1)N(Cc1ccc(F)cc1)C(=O)COc1ccc(OC)cc1. The zero-order chi connectivity index (χ0) is 23.6. The molecule has 178 valence electrons. The Kier molecular flexibility index (Phi) is 9.10. The van der Waals surface area contributed by atoms with Crippen molar-refractivity contribution in [3.05, 3.63) is 59.9 Å². The van der Waals surface area contributed by atoms with Crippen LogP contribution in [0, 0.1) is 5.82 Å². The summed E-state index contributed by atoms with van der Waals surface area (Å²) < 4.78 is 24.2. The van der Waals surface area contributed by atoms with E-state index in [1.54, 1.807) is 43.5 Å². The molecule has 0 saturated heterocycles. The van der Waals surface area contributed by atoms with Crippen LogP contribution in [0.5, 0.6) is 11.5 Å². The second-order valence-corrected chi connectivity index (χ2v) is 8.38. The smallest absolute Gasteiger partial charge is 0.261 e. The minimum atomic E-state index is -0.635. The molecule has 0 aromatic heterocycles. The molecule has 0 radical (unpaired) electrons. The maximum absolute atomic E-state index is 13.4. The number of hydrogen-bond acceptors (Lipinski definition) is 4. The van der Waals surface area contributed by atoms with Crippen molar-refractivity contribution >= 4 is 11.8 Å². The number of halogens is 1. The second-order valence-electron chi connectivity index (χ2n) is 8.38. The number of benzene rings is 2. The lowest BCUT2D eigenvalue weighted by Gasteiger charge is -2.32. The number of carbonyl (C=O) groups excluding carboxylic acids is 2. The van der Waals surface area contributed by atoms with Gasteiger partial charge in [-0.15, -0.1) is 0 Å². The van der Waals surface area contributed by atoms with Gasteiger partial charge in [-0.1, -0.05) is 38.3 Å². The summed E-state index contributed by atoms with van der Waals surface area (Å²) >= 11 is 0. The third kappa shape index (κ3) is 7.20. The molecule has 2 aromatic rings. The van der Waals surface area contributed by atoms with Gasteiger partial charge < -0.3 is 19.7 Å². The summed E-state index contributed by atoms with van der Waals surface area (Å²) in [6, 6.07) is 12.4. The lowest BCUT2D eigenvalue weighted by molar-refractivity contribution is -0.143. The average molecular weight is 457 g/mol. The fraction of sp³-hybridized carbons (Fsp3) is 0.462. The van der Waals surface area contributed by atoms with Gasteiger partial charge in [0, 0.05) is 12.6 Å². The predicted octanol–water partition coefficient (Wildman–Crippen LogP) is 4.47. The van der Waals surface area contributed by atoms with Crippen molar-refractivity contribution in [2.75, 3.05) is 13.7 Å². The maximum Gasteiger partial charge on any atom is 0.261 e. The topological polar surface area (TPSA) is 67.9 Å². The molecule has 6 nitrogen and oxygen atoms in total. The number of nitrogens with zero attached hydrogens (tertiary/aromatic N) is 1. The Labute approximate surface area is 195 Å². The molecule has 0 aliphatic heterocycles. The molecule has 1 N–H and O–H groups in total. The molecule has 0 heterocycles. The Bertz CT molecular complexity index is 896. The van der Waals surface area contributed by atoms with Gasteiger partial charge in [-0.05, 0) is 61.2 Å². The molecular formula is C26H33FN2O4. The Morgan fingerprint density at radius 1 is 1.03 bits per heavy atom. The van der Waals surface area contributed by atoms with E-state index in [9.17, 15) is 14.0 Å². The van der Waals surface area contributed by atoms with Gasteiger partial charge in [0.05, 0.1) is 7.11 Å². The molecule has 3 rings (SSSR count). The number of nitrogens with one attached hydrogen (secondary N) is 1. The number of carbonyl (C=O) groups is 2. The fourth-order valence-electron chi connectivity index (χ4n) is 4.15.